The lowest BCUT2D eigenvalue weighted by molar-refractivity contribution is 0.249. The smallest absolute Gasteiger partial charge is 0.211 e. The second kappa shape index (κ2) is 9.47. The van der Waals surface area contributed by atoms with Gasteiger partial charge in [0.25, 0.3) is 0 Å². The van der Waals surface area contributed by atoms with Crippen LogP contribution in [0.3, 0.4) is 0 Å². The second-order valence-corrected chi connectivity index (χ2v) is 12.4. The molecule has 3 aromatic rings. The number of ether oxygens (including phenoxy) is 1. The summed E-state index contributed by atoms with van der Waals surface area (Å²) in [7, 11) is 0.855. The van der Waals surface area contributed by atoms with E-state index in [4.69, 9.17) is 15.5 Å². The number of benzene rings is 1. The van der Waals surface area contributed by atoms with Crippen LogP contribution in [-0.4, -0.2) is 72.3 Å². The molecule has 0 aliphatic carbocycles. The van der Waals surface area contributed by atoms with Gasteiger partial charge in [-0.15, -0.1) is 0 Å². The third-order valence-electron chi connectivity index (χ3n) is 6.69. The van der Waals surface area contributed by atoms with Crippen LogP contribution >= 0.6 is 11.8 Å². The Morgan fingerprint density at radius 2 is 2.11 bits per heavy atom. The summed E-state index contributed by atoms with van der Waals surface area (Å²) in [4.78, 5) is 16.6. The summed E-state index contributed by atoms with van der Waals surface area (Å²) in [5.41, 5.74) is 9.70. The number of sulfonamides is 1. The lowest BCUT2D eigenvalue weighted by Crippen LogP contribution is -2.39. The van der Waals surface area contributed by atoms with Gasteiger partial charge in [0.15, 0.2) is 22.1 Å². The van der Waals surface area contributed by atoms with Gasteiger partial charge in [-0.25, -0.2) is 27.7 Å². The Balaban J connectivity index is 1.47. The molecule has 1 unspecified atom stereocenters. The molecule has 35 heavy (non-hydrogen) atoms. The summed E-state index contributed by atoms with van der Waals surface area (Å²) in [6.45, 7) is 2.53. The fraction of sp³-hybridized carbons (Fsp3) is 0.522. The molecule has 1 aromatic carbocycles. The van der Waals surface area contributed by atoms with E-state index in [0.717, 1.165) is 47.2 Å². The molecule has 5 rings (SSSR count). The van der Waals surface area contributed by atoms with Gasteiger partial charge in [0.05, 0.1) is 18.6 Å². The molecule has 2 aliphatic heterocycles. The number of anilines is 2. The molecule has 1 fully saturated rings. The highest BCUT2D eigenvalue weighted by atomic mass is 32.2. The van der Waals surface area contributed by atoms with Gasteiger partial charge in [-0.3, -0.25) is 0 Å². The molecule has 2 N–H and O–H groups in total. The summed E-state index contributed by atoms with van der Waals surface area (Å²) >= 11 is 1.59. The molecule has 2 aliphatic rings. The van der Waals surface area contributed by atoms with E-state index in [1.54, 1.807) is 16.1 Å². The Bertz CT molecular complexity index is 1360. The Labute approximate surface area is 209 Å². The summed E-state index contributed by atoms with van der Waals surface area (Å²) < 4.78 is 33.6. The molecule has 10 nitrogen and oxygen atoms in total. The number of nitrogens with zero attached hydrogens (tertiary/aromatic N) is 6. The van der Waals surface area contributed by atoms with Gasteiger partial charge >= 0.3 is 0 Å². The largest absolute Gasteiger partial charge is 0.493 e. The van der Waals surface area contributed by atoms with Gasteiger partial charge in [0.2, 0.25) is 10.0 Å². The van der Waals surface area contributed by atoms with E-state index >= 15 is 0 Å². The standard InChI is InChI=1S/C23H31N7O3S2/c1-28(2)17-12-18-16(7-10-33-18)11-19(17)34-23-27-20-21(24)25-14-26-22(20)30(23)9-6-15-5-4-8-29(13-15)35(3,31)32/h11-12,14-15H,4-10,13H2,1-3H3,(H2,24,25,26). The number of aromatic nitrogens is 4. The van der Waals surface area contributed by atoms with Crippen LogP contribution in [0.15, 0.2) is 28.5 Å². The van der Waals surface area contributed by atoms with E-state index < -0.39 is 10.0 Å². The van der Waals surface area contributed by atoms with E-state index in [1.165, 1.54) is 18.1 Å². The van der Waals surface area contributed by atoms with Crippen molar-refractivity contribution >= 4 is 44.5 Å². The van der Waals surface area contributed by atoms with Gasteiger partial charge in [-0.1, -0.05) is 0 Å². The molecule has 0 radical (unpaired) electrons. The van der Waals surface area contributed by atoms with Crippen molar-refractivity contribution in [3.05, 3.63) is 24.0 Å². The average Bonchev–Trinajstić information content (AvgIpc) is 3.41. The normalized spacial score (nSPS) is 18.5. The van der Waals surface area contributed by atoms with E-state index in [-0.39, 0.29) is 5.92 Å². The second-order valence-electron chi connectivity index (χ2n) is 9.42. The topological polar surface area (TPSA) is 119 Å². The number of hydrogen-bond acceptors (Lipinski definition) is 9. The quantitative estimate of drug-likeness (QED) is 0.504. The number of aryl methyl sites for hydroxylation is 1. The minimum absolute atomic E-state index is 0.280. The molecule has 1 atom stereocenters. The highest BCUT2D eigenvalue weighted by Gasteiger charge is 2.27. The first-order chi connectivity index (χ1) is 16.7. The van der Waals surface area contributed by atoms with E-state index in [1.807, 2.05) is 14.1 Å². The molecule has 0 amide bonds. The lowest BCUT2D eigenvalue weighted by Gasteiger charge is -2.31. The SMILES string of the molecule is CN(C)c1cc2c(cc1Sc1nc3c(N)ncnc3n1CCC1CCCN(S(C)(=O)=O)C1)CCO2. The predicted molar refractivity (Wildman–Crippen MR) is 138 cm³/mol. The van der Waals surface area contributed by atoms with Crippen molar-refractivity contribution in [1.29, 1.82) is 0 Å². The molecule has 188 valence electrons. The summed E-state index contributed by atoms with van der Waals surface area (Å²) in [6.07, 6.45) is 6.36. The molecule has 0 saturated carbocycles. The first-order valence-corrected chi connectivity index (χ1v) is 14.4. The number of fused-ring (bicyclic) bond motifs is 2. The fourth-order valence-corrected chi connectivity index (χ4v) is 6.92. The van der Waals surface area contributed by atoms with Crippen LogP contribution < -0.4 is 15.4 Å². The van der Waals surface area contributed by atoms with Gasteiger partial charge in [-0.2, -0.15) is 0 Å². The Morgan fingerprint density at radius 3 is 2.89 bits per heavy atom. The lowest BCUT2D eigenvalue weighted by atomic mass is 9.96. The van der Waals surface area contributed by atoms with Crippen molar-refractivity contribution < 1.29 is 13.2 Å². The van der Waals surface area contributed by atoms with Crippen LogP contribution in [0.4, 0.5) is 11.5 Å². The number of nitrogens with two attached hydrogens (primary N) is 1. The first-order valence-electron chi connectivity index (χ1n) is 11.8. The van der Waals surface area contributed by atoms with Crippen molar-refractivity contribution in [1.82, 2.24) is 23.8 Å². The molecular weight excluding hydrogens is 486 g/mol. The number of nitrogen functional groups attached to an aromatic ring is 1. The highest BCUT2D eigenvalue weighted by Crippen LogP contribution is 2.41. The van der Waals surface area contributed by atoms with Crippen LogP contribution in [0.5, 0.6) is 5.75 Å². The summed E-state index contributed by atoms with van der Waals surface area (Å²) in [5, 5.41) is 0.796. The number of piperidine rings is 1. The zero-order chi connectivity index (χ0) is 24.7. The monoisotopic (exact) mass is 517 g/mol. The van der Waals surface area contributed by atoms with E-state index in [2.05, 4.69) is 31.6 Å². The Hall–Kier alpha value is -2.57. The van der Waals surface area contributed by atoms with Crippen molar-refractivity contribution in [2.24, 2.45) is 5.92 Å². The van der Waals surface area contributed by atoms with Gasteiger partial charge in [0.1, 0.15) is 12.1 Å². The molecule has 12 heteroatoms. The maximum atomic E-state index is 12.1. The minimum atomic E-state index is -3.18. The molecule has 2 aromatic heterocycles. The van der Waals surface area contributed by atoms with Crippen LogP contribution in [0.25, 0.3) is 11.2 Å². The number of rotatable bonds is 7. The number of imidazole rings is 1. The summed E-state index contributed by atoms with van der Waals surface area (Å²) in [5.74, 6) is 1.57. The van der Waals surface area contributed by atoms with Gasteiger partial charge in [0, 0.05) is 51.1 Å². The Morgan fingerprint density at radius 1 is 1.29 bits per heavy atom. The molecule has 0 bridgehead atoms. The number of hydrogen-bond donors (Lipinski definition) is 1. The average molecular weight is 518 g/mol. The highest BCUT2D eigenvalue weighted by molar-refractivity contribution is 7.99. The first kappa shape index (κ1) is 24.1. The molecular formula is C23H31N7O3S2. The van der Waals surface area contributed by atoms with Gasteiger partial charge in [-0.05, 0) is 48.6 Å². The third-order valence-corrected chi connectivity index (χ3v) is 9.00. The maximum absolute atomic E-state index is 12.1. The Kier molecular flexibility index (Phi) is 6.53. The fourth-order valence-electron chi connectivity index (χ4n) is 4.81. The summed E-state index contributed by atoms with van der Waals surface area (Å²) in [6, 6.07) is 4.28. The van der Waals surface area contributed by atoms with Crippen LogP contribution in [0.2, 0.25) is 0 Å². The van der Waals surface area contributed by atoms with E-state index in [9.17, 15) is 8.42 Å². The van der Waals surface area contributed by atoms with Gasteiger partial charge < -0.3 is 19.9 Å². The van der Waals surface area contributed by atoms with Crippen LogP contribution in [0.1, 0.15) is 24.8 Å². The van der Waals surface area contributed by atoms with E-state index in [0.29, 0.717) is 43.2 Å². The zero-order valence-corrected chi connectivity index (χ0v) is 21.9. The van der Waals surface area contributed by atoms with Crippen molar-refractivity contribution in [2.75, 3.05) is 50.7 Å². The van der Waals surface area contributed by atoms with Crippen molar-refractivity contribution in [3.63, 3.8) is 0 Å². The third kappa shape index (κ3) is 4.91. The maximum Gasteiger partial charge on any atom is 0.211 e. The minimum Gasteiger partial charge on any atom is -0.493 e. The predicted octanol–water partition coefficient (Wildman–Crippen LogP) is 2.62. The van der Waals surface area contributed by atoms with Crippen LogP contribution in [-0.2, 0) is 23.0 Å². The zero-order valence-electron chi connectivity index (χ0n) is 20.3. The van der Waals surface area contributed by atoms with Crippen LogP contribution in [0, 0.1) is 5.92 Å². The molecule has 0 spiro atoms. The molecule has 4 heterocycles. The van der Waals surface area contributed by atoms with Crippen molar-refractivity contribution in [2.45, 2.75) is 42.3 Å². The molecule has 1 saturated heterocycles. The van der Waals surface area contributed by atoms with Crippen molar-refractivity contribution in [3.8, 4) is 5.75 Å².